The maximum atomic E-state index is 12.3. The summed E-state index contributed by atoms with van der Waals surface area (Å²) in [6.07, 6.45) is 3.23. The molecule has 0 saturated heterocycles. The largest absolute Gasteiger partial charge is 0.322 e. The van der Waals surface area contributed by atoms with Gasteiger partial charge < -0.3 is 5.32 Å². The first-order chi connectivity index (χ1) is 10.8. The standard InChI is InChI=1S/C15H9N5OS/c21-15(9-1-3-11-13(7-9)17-6-5-16-11)18-10-2-4-12-14(8-10)20-22-19-12/h1-8H,(H,18,21). The molecular weight excluding hydrogens is 298 g/mol. The Bertz CT molecular complexity index is 997. The van der Waals surface area contributed by atoms with Crippen LogP contribution in [0.1, 0.15) is 10.4 Å². The van der Waals surface area contributed by atoms with Gasteiger partial charge in [0.1, 0.15) is 11.0 Å². The fraction of sp³-hybridized carbons (Fsp3) is 0. The molecule has 6 nitrogen and oxygen atoms in total. The quantitative estimate of drug-likeness (QED) is 0.616. The van der Waals surface area contributed by atoms with E-state index in [-0.39, 0.29) is 5.91 Å². The van der Waals surface area contributed by atoms with Crippen LogP contribution in [0.5, 0.6) is 0 Å². The molecule has 7 heteroatoms. The number of hydrogen-bond donors (Lipinski definition) is 1. The SMILES string of the molecule is O=C(Nc1ccc2nsnc2c1)c1ccc2nccnc2c1. The molecular formula is C15H9N5OS. The van der Waals surface area contributed by atoms with E-state index in [1.54, 1.807) is 36.7 Å². The van der Waals surface area contributed by atoms with Gasteiger partial charge in [-0.05, 0) is 36.4 Å². The van der Waals surface area contributed by atoms with Crippen molar-refractivity contribution in [3.8, 4) is 0 Å². The third kappa shape index (κ3) is 2.27. The molecule has 1 amide bonds. The summed E-state index contributed by atoms with van der Waals surface area (Å²) in [5, 5.41) is 2.85. The predicted octanol–water partition coefficient (Wildman–Crippen LogP) is 2.89. The van der Waals surface area contributed by atoms with Gasteiger partial charge in [0.2, 0.25) is 0 Å². The minimum Gasteiger partial charge on any atom is -0.322 e. The Balaban J connectivity index is 1.64. The van der Waals surface area contributed by atoms with Crippen molar-refractivity contribution in [1.29, 1.82) is 0 Å². The molecule has 22 heavy (non-hydrogen) atoms. The molecule has 4 rings (SSSR count). The van der Waals surface area contributed by atoms with Crippen LogP contribution in [-0.2, 0) is 0 Å². The summed E-state index contributed by atoms with van der Waals surface area (Å²) >= 11 is 1.15. The number of rotatable bonds is 2. The monoisotopic (exact) mass is 307 g/mol. The zero-order valence-electron chi connectivity index (χ0n) is 11.2. The van der Waals surface area contributed by atoms with Gasteiger partial charge in [-0.25, -0.2) is 0 Å². The van der Waals surface area contributed by atoms with Gasteiger partial charge in [-0.2, -0.15) is 8.75 Å². The second-order valence-electron chi connectivity index (χ2n) is 4.68. The van der Waals surface area contributed by atoms with Crippen molar-refractivity contribution in [2.75, 3.05) is 5.32 Å². The first kappa shape index (κ1) is 12.8. The number of nitrogens with one attached hydrogen (secondary N) is 1. The van der Waals surface area contributed by atoms with Gasteiger partial charge in [-0.15, -0.1) is 0 Å². The van der Waals surface area contributed by atoms with E-state index in [4.69, 9.17) is 0 Å². The minimum absolute atomic E-state index is 0.199. The van der Waals surface area contributed by atoms with E-state index in [0.717, 1.165) is 28.3 Å². The average Bonchev–Trinajstić information content (AvgIpc) is 3.02. The van der Waals surface area contributed by atoms with E-state index in [0.29, 0.717) is 16.8 Å². The average molecular weight is 307 g/mol. The Kier molecular flexibility index (Phi) is 2.97. The number of fused-ring (bicyclic) bond motifs is 2. The predicted molar refractivity (Wildman–Crippen MR) is 84.9 cm³/mol. The molecule has 0 bridgehead atoms. The highest BCUT2D eigenvalue weighted by molar-refractivity contribution is 7.00. The summed E-state index contributed by atoms with van der Waals surface area (Å²) in [7, 11) is 0. The lowest BCUT2D eigenvalue weighted by Gasteiger charge is -2.05. The second-order valence-corrected chi connectivity index (χ2v) is 5.21. The molecule has 106 valence electrons. The summed E-state index contributed by atoms with van der Waals surface area (Å²) in [5.41, 5.74) is 4.26. The normalized spacial score (nSPS) is 10.9. The number of carbonyl (C=O) groups excluding carboxylic acids is 1. The maximum Gasteiger partial charge on any atom is 0.255 e. The topological polar surface area (TPSA) is 80.7 Å². The highest BCUT2D eigenvalue weighted by Crippen LogP contribution is 2.18. The number of benzene rings is 2. The Morgan fingerprint density at radius 3 is 2.55 bits per heavy atom. The van der Waals surface area contributed by atoms with E-state index in [9.17, 15) is 4.79 Å². The highest BCUT2D eigenvalue weighted by Gasteiger charge is 2.09. The van der Waals surface area contributed by atoms with Gasteiger partial charge in [-0.1, -0.05) is 0 Å². The first-order valence-electron chi connectivity index (χ1n) is 6.54. The Hall–Kier alpha value is -2.93. The van der Waals surface area contributed by atoms with Crippen LogP contribution >= 0.6 is 11.7 Å². The Morgan fingerprint density at radius 1 is 0.864 bits per heavy atom. The first-order valence-corrected chi connectivity index (χ1v) is 7.27. The molecule has 0 atom stereocenters. The lowest BCUT2D eigenvalue weighted by molar-refractivity contribution is 0.102. The molecule has 0 aliphatic carbocycles. The number of aromatic nitrogens is 4. The van der Waals surface area contributed by atoms with E-state index in [1.165, 1.54) is 0 Å². The molecule has 0 saturated carbocycles. The zero-order valence-corrected chi connectivity index (χ0v) is 12.0. The van der Waals surface area contributed by atoms with E-state index in [2.05, 4.69) is 24.0 Å². The third-order valence-electron chi connectivity index (χ3n) is 3.24. The fourth-order valence-electron chi connectivity index (χ4n) is 2.17. The number of amides is 1. The summed E-state index contributed by atoms with van der Waals surface area (Å²) in [5.74, 6) is -0.199. The molecule has 0 radical (unpaired) electrons. The van der Waals surface area contributed by atoms with Gasteiger partial charge in [0.05, 0.1) is 22.8 Å². The van der Waals surface area contributed by atoms with Crippen molar-refractivity contribution >= 4 is 45.4 Å². The van der Waals surface area contributed by atoms with Crippen molar-refractivity contribution in [3.63, 3.8) is 0 Å². The van der Waals surface area contributed by atoms with E-state index >= 15 is 0 Å². The van der Waals surface area contributed by atoms with E-state index in [1.807, 2.05) is 12.1 Å². The van der Waals surface area contributed by atoms with Crippen molar-refractivity contribution in [3.05, 3.63) is 54.4 Å². The molecule has 0 spiro atoms. The molecule has 2 heterocycles. The summed E-state index contributed by atoms with van der Waals surface area (Å²) in [6, 6.07) is 10.7. The number of hydrogen-bond acceptors (Lipinski definition) is 6. The lowest BCUT2D eigenvalue weighted by Crippen LogP contribution is -2.11. The van der Waals surface area contributed by atoms with Gasteiger partial charge in [0.25, 0.3) is 5.91 Å². The lowest BCUT2D eigenvalue weighted by atomic mass is 10.1. The van der Waals surface area contributed by atoms with Crippen molar-refractivity contribution in [1.82, 2.24) is 18.7 Å². The molecule has 1 N–H and O–H groups in total. The summed E-state index contributed by atoms with van der Waals surface area (Å²) in [4.78, 5) is 20.7. The molecule has 0 fully saturated rings. The molecule has 0 unspecified atom stereocenters. The van der Waals surface area contributed by atoms with Gasteiger partial charge >= 0.3 is 0 Å². The smallest absolute Gasteiger partial charge is 0.255 e. The zero-order chi connectivity index (χ0) is 14.9. The summed E-state index contributed by atoms with van der Waals surface area (Å²) in [6.45, 7) is 0. The second kappa shape index (κ2) is 5.12. The van der Waals surface area contributed by atoms with Gasteiger partial charge in [0.15, 0.2) is 0 Å². The Morgan fingerprint density at radius 2 is 1.64 bits per heavy atom. The van der Waals surface area contributed by atoms with Crippen LogP contribution < -0.4 is 5.32 Å². The molecule has 0 aliphatic heterocycles. The van der Waals surface area contributed by atoms with Gasteiger partial charge in [0, 0.05) is 23.6 Å². The maximum absolute atomic E-state index is 12.3. The molecule has 2 aromatic carbocycles. The van der Waals surface area contributed by atoms with E-state index < -0.39 is 0 Å². The number of nitrogens with zero attached hydrogens (tertiary/aromatic N) is 4. The minimum atomic E-state index is -0.199. The van der Waals surface area contributed by atoms with Crippen LogP contribution in [0.2, 0.25) is 0 Å². The van der Waals surface area contributed by atoms with Crippen LogP contribution in [0.25, 0.3) is 22.1 Å². The van der Waals surface area contributed by atoms with Crippen LogP contribution in [-0.4, -0.2) is 24.6 Å². The van der Waals surface area contributed by atoms with Crippen molar-refractivity contribution in [2.24, 2.45) is 0 Å². The third-order valence-corrected chi connectivity index (χ3v) is 3.80. The van der Waals surface area contributed by atoms with Crippen LogP contribution in [0, 0.1) is 0 Å². The van der Waals surface area contributed by atoms with Crippen molar-refractivity contribution in [2.45, 2.75) is 0 Å². The summed E-state index contributed by atoms with van der Waals surface area (Å²) < 4.78 is 8.30. The molecule has 4 aromatic rings. The molecule has 0 aliphatic rings. The van der Waals surface area contributed by atoms with Crippen LogP contribution in [0.15, 0.2) is 48.8 Å². The van der Waals surface area contributed by atoms with Crippen molar-refractivity contribution < 1.29 is 4.79 Å². The highest BCUT2D eigenvalue weighted by atomic mass is 32.1. The number of anilines is 1. The molecule has 2 aromatic heterocycles. The van der Waals surface area contributed by atoms with Gasteiger partial charge in [-0.3, -0.25) is 14.8 Å². The fourth-order valence-corrected chi connectivity index (χ4v) is 2.69. The van der Waals surface area contributed by atoms with Crippen LogP contribution in [0.4, 0.5) is 5.69 Å². The Labute approximate surface area is 129 Å². The van der Waals surface area contributed by atoms with Crippen LogP contribution in [0.3, 0.4) is 0 Å². The number of carbonyl (C=O) groups is 1.